The number of aromatic nitrogens is 2. The number of hydrogen-bond acceptors (Lipinski definition) is 4. The number of aromatic amines is 1. The van der Waals surface area contributed by atoms with E-state index in [0.717, 1.165) is 6.08 Å². The lowest BCUT2D eigenvalue weighted by Crippen LogP contribution is -2.13. The molecule has 0 unspecified atom stereocenters. The number of nitrogens with one attached hydrogen (secondary N) is 2. The fourth-order valence-electron chi connectivity index (χ4n) is 1.46. The first-order valence-corrected chi connectivity index (χ1v) is 6.99. The summed E-state index contributed by atoms with van der Waals surface area (Å²) in [5, 5.41) is 8.55. The van der Waals surface area contributed by atoms with Crippen LogP contribution in [-0.2, 0) is 14.8 Å². The van der Waals surface area contributed by atoms with Crippen molar-refractivity contribution in [3.8, 4) is 0 Å². The summed E-state index contributed by atoms with van der Waals surface area (Å²) in [4.78, 5) is 16.8. The van der Waals surface area contributed by atoms with Crippen molar-refractivity contribution in [1.29, 1.82) is 0 Å². The standard InChI is InChI=1S/C12H11N3O4S/c16-11(17)5-4-9-2-1-3-10(8-9)20(18,19)15-12-13-6-7-14-12/h1-8H,(H,16,17)(H2,13,14,15). The monoisotopic (exact) mass is 293 g/mol. The second-order valence-electron chi connectivity index (χ2n) is 3.79. The fraction of sp³-hybridized carbons (Fsp3) is 0. The first-order valence-electron chi connectivity index (χ1n) is 5.51. The van der Waals surface area contributed by atoms with Gasteiger partial charge in [-0.15, -0.1) is 0 Å². The third kappa shape index (κ3) is 3.45. The van der Waals surface area contributed by atoms with Gasteiger partial charge in [0.1, 0.15) is 0 Å². The molecule has 1 heterocycles. The van der Waals surface area contributed by atoms with Gasteiger partial charge in [0.25, 0.3) is 10.0 Å². The number of imidazole rings is 1. The normalized spacial score (nSPS) is 11.6. The molecule has 0 amide bonds. The molecule has 2 aromatic rings. The number of nitrogens with zero attached hydrogens (tertiary/aromatic N) is 1. The van der Waals surface area contributed by atoms with Crippen LogP contribution in [0.15, 0.2) is 47.6 Å². The van der Waals surface area contributed by atoms with Gasteiger partial charge in [-0.05, 0) is 23.8 Å². The number of carbonyl (C=O) groups is 1. The molecule has 0 aliphatic heterocycles. The van der Waals surface area contributed by atoms with Crippen LogP contribution in [0.3, 0.4) is 0 Å². The minimum atomic E-state index is -3.77. The number of carboxylic acids is 1. The van der Waals surface area contributed by atoms with Gasteiger partial charge in [0.15, 0.2) is 0 Å². The molecule has 0 aliphatic carbocycles. The average Bonchev–Trinajstić information content (AvgIpc) is 2.89. The van der Waals surface area contributed by atoms with Crippen LogP contribution in [-0.4, -0.2) is 29.5 Å². The fourth-order valence-corrected chi connectivity index (χ4v) is 2.49. The molecule has 3 N–H and O–H groups in total. The maximum atomic E-state index is 12.1. The Morgan fingerprint density at radius 2 is 2.20 bits per heavy atom. The van der Waals surface area contributed by atoms with Crippen LogP contribution in [0.25, 0.3) is 6.08 Å². The number of benzene rings is 1. The summed E-state index contributed by atoms with van der Waals surface area (Å²) in [6, 6.07) is 5.90. The van der Waals surface area contributed by atoms with E-state index in [2.05, 4.69) is 14.7 Å². The van der Waals surface area contributed by atoms with Gasteiger partial charge in [0, 0.05) is 18.5 Å². The highest BCUT2D eigenvalue weighted by Crippen LogP contribution is 2.15. The molecule has 0 bridgehead atoms. The van der Waals surface area contributed by atoms with Crippen LogP contribution >= 0.6 is 0 Å². The van der Waals surface area contributed by atoms with Crippen molar-refractivity contribution in [3.05, 3.63) is 48.3 Å². The molecule has 20 heavy (non-hydrogen) atoms. The Hall–Kier alpha value is -2.61. The number of anilines is 1. The predicted octanol–water partition coefficient (Wildman–Crippen LogP) is 1.31. The van der Waals surface area contributed by atoms with Crippen molar-refractivity contribution in [2.24, 2.45) is 0 Å². The van der Waals surface area contributed by atoms with Gasteiger partial charge in [0.05, 0.1) is 4.90 Å². The molecular formula is C12H11N3O4S. The summed E-state index contributed by atoms with van der Waals surface area (Å²) in [7, 11) is -3.77. The lowest BCUT2D eigenvalue weighted by molar-refractivity contribution is -0.131. The number of carboxylic acid groups (broad SMARTS) is 1. The Labute approximate surface area is 115 Å². The Morgan fingerprint density at radius 1 is 1.40 bits per heavy atom. The van der Waals surface area contributed by atoms with Gasteiger partial charge in [-0.25, -0.2) is 22.9 Å². The van der Waals surface area contributed by atoms with E-state index in [-0.39, 0.29) is 10.8 Å². The second-order valence-corrected chi connectivity index (χ2v) is 5.47. The third-order valence-electron chi connectivity index (χ3n) is 2.32. The molecule has 104 valence electrons. The zero-order chi connectivity index (χ0) is 14.6. The van der Waals surface area contributed by atoms with Crippen molar-refractivity contribution in [2.75, 3.05) is 4.72 Å². The van der Waals surface area contributed by atoms with Crippen LogP contribution in [0.2, 0.25) is 0 Å². The lowest BCUT2D eigenvalue weighted by Gasteiger charge is -2.05. The van der Waals surface area contributed by atoms with Gasteiger partial charge in [-0.2, -0.15) is 0 Å². The summed E-state index contributed by atoms with van der Waals surface area (Å²) >= 11 is 0. The zero-order valence-electron chi connectivity index (χ0n) is 10.1. The van der Waals surface area contributed by atoms with Crippen LogP contribution in [0.1, 0.15) is 5.56 Å². The van der Waals surface area contributed by atoms with Crippen molar-refractivity contribution in [3.63, 3.8) is 0 Å². The Balaban J connectivity index is 2.28. The highest BCUT2D eigenvalue weighted by molar-refractivity contribution is 7.92. The quantitative estimate of drug-likeness (QED) is 0.719. The van der Waals surface area contributed by atoms with E-state index in [1.165, 1.54) is 36.7 Å². The third-order valence-corrected chi connectivity index (χ3v) is 3.65. The Bertz CT molecular complexity index is 736. The molecule has 2 rings (SSSR count). The summed E-state index contributed by atoms with van der Waals surface area (Å²) in [5.74, 6) is -0.997. The summed E-state index contributed by atoms with van der Waals surface area (Å²) in [6.07, 6.45) is 5.16. The van der Waals surface area contributed by atoms with E-state index < -0.39 is 16.0 Å². The van der Waals surface area contributed by atoms with Crippen LogP contribution < -0.4 is 4.72 Å². The highest BCUT2D eigenvalue weighted by atomic mass is 32.2. The summed E-state index contributed by atoms with van der Waals surface area (Å²) in [5.41, 5.74) is 0.467. The molecule has 1 aromatic heterocycles. The number of aliphatic carboxylic acids is 1. The van der Waals surface area contributed by atoms with E-state index in [1.54, 1.807) is 6.07 Å². The van der Waals surface area contributed by atoms with Gasteiger partial charge in [-0.3, -0.25) is 0 Å². The van der Waals surface area contributed by atoms with E-state index in [9.17, 15) is 13.2 Å². The molecule has 0 atom stereocenters. The molecule has 0 radical (unpaired) electrons. The van der Waals surface area contributed by atoms with Gasteiger partial charge in [0.2, 0.25) is 5.95 Å². The summed E-state index contributed by atoms with van der Waals surface area (Å²) in [6.45, 7) is 0. The van der Waals surface area contributed by atoms with Crippen molar-refractivity contribution >= 4 is 28.0 Å². The van der Waals surface area contributed by atoms with E-state index in [0.29, 0.717) is 5.56 Å². The second kappa shape index (κ2) is 5.57. The van der Waals surface area contributed by atoms with Crippen LogP contribution in [0.5, 0.6) is 0 Å². The number of sulfonamides is 1. The Kier molecular flexibility index (Phi) is 3.85. The topological polar surface area (TPSA) is 112 Å². The van der Waals surface area contributed by atoms with Gasteiger partial charge >= 0.3 is 5.97 Å². The minimum absolute atomic E-state index is 0.0152. The van der Waals surface area contributed by atoms with Gasteiger partial charge < -0.3 is 10.1 Å². The molecule has 0 fully saturated rings. The molecule has 8 heteroatoms. The van der Waals surface area contributed by atoms with Gasteiger partial charge in [-0.1, -0.05) is 12.1 Å². The molecule has 0 spiro atoms. The average molecular weight is 293 g/mol. The number of H-pyrrole nitrogens is 1. The van der Waals surface area contributed by atoms with E-state index >= 15 is 0 Å². The van der Waals surface area contributed by atoms with E-state index in [1.807, 2.05) is 0 Å². The maximum Gasteiger partial charge on any atom is 0.328 e. The van der Waals surface area contributed by atoms with Crippen molar-refractivity contribution < 1.29 is 18.3 Å². The van der Waals surface area contributed by atoms with E-state index in [4.69, 9.17) is 5.11 Å². The van der Waals surface area contributed by atoms with Crippen LogP contribution in [0.4, 0.5) is 5.95 Å². The molecular weight excluding hydrogens is 282 g/mol. The van der Waals surface area contributed by atoms with Crippen molar-refractivity contribution in [1.82, 2.24) is 9.97 Å². The Morgan fingerprint density at radius 3 is 2.85 bits per heavy atom. The largest absolute Gasteiger partial charge is 0.478 e. The molecule has 0 aliphatic rings. The van der Waals surface area contributed by atoms with Crippen molar-refractivity contribution in [2.45, 2.75) is 4.90 Å². The molecule has 0 saturated heterocycles. The molecule has 1 aromatic carbocycles. The SMILES string of the molecule is O=C(O)C=Cc1cccc(S(=O)(=O)Nc2ncc[nH]2)c1. The summed E-state index contributed by atoms with van der Waals surface area (Å²) < 4.78 is 26.4. The molecule has 7 nitrogen and oxygen atoms in total. The lowest BCUT2D eigenvalue weighted by atomic mass is 10.2. The minimum Gasteiger partial charge on any atom is -0.478 e. The highest BCUT2D eigenvalue weighted by Gasteiger charge is 2.15. The number of hydrogen-bond donors (Lipinski definition) is 3. The maximum absolute atomic E-state index is 12.1. The number of rotatable bonds is 5. The first-order chi connectivity index (χ1) is 9.47. The first kappa shape index (κ1) is 13.8. The predicted molar refractivity (Wildman–Crippen MR) is 72.5 cm³/mol. The van der Waals surface area contributed by atoms with Crippen LogP contribution in [0, 0.1) is 0 Å². The smallest absolute Gasteiger partial charge is 0.328 e. The molecule has 0 saturated carbocycles. The zero-order valence-corrected chi connectivity index (χ0v) is 11.0.